The van der Waals surface area contributed by atoms with Gasteiger partial charge in [-0.2, -0.15) is 0 Å². The van der Waals surface area contributed by atoms with Gasteiger partial charge in [-0.25, -0.2) is 4.79 Å². The monoisotopic (exact) mass is 321 g/mol. The van der Waals surface area contributed by atoms with E-state index in [0.29, 0.717) is 0 Å². The summed E-state index contributed by atoms with van der Waals surface area (Å²) >= 11 is 3.43. The summed E-state index contributed by atoms with van der Waals surface area (Å²) in [5, 5.41) is 1.11. The molecule has 18 heavy (non-hydrogen) atoms. The predicted molar refractivity (Wildman–Crippen MR) is 80.4 cm³/mol. The second-order valence-corrected chi connectivity index (χ2v) is 6.51. The van der Waals surface area contributed by atoms with Crippen molar-refractivity contribution in [3.8, 4) is 0 Å². The van der Waals surface area contributed by atoms with E-state index in [-0.39, 0.29) is 6.09 Å². The molecule has 0 aromatic heterocycles. The summed E-state index contributed by atoms with van der Waals surface area (Å²) in [6.45, 7) is 6.46. The minimum atomic E-state index is -0.402. The number of unbranched alkanes of at least 4 members (excludes halogenated alkanes) is 5. The Hall–Kier alpha value is -0.250. The van der Waals surface area contributed by atoms with Gasteiger partial charge in [-0.1, -0.05) is 41.6 Å². The van der Waals surface area contributed by atoms with Crippen LogP contribution in [0.3, 0.4) is 0 Å². The van der Waals surface area contributed by atoms with E-state index in [1.165, 1.54) is 32.1 Å². The van der Waals surface area contributed by atoms with Crippen molar-refractivity contribution < 1.29 is 9.53 Å². The number of amides is 1. The Kier molecular flexibility index (Phi) is 9.52. The Labute approximate surface area is 120 Å². The van der Waals surface area contributed by atoms with Gasteiger partial charge < -0.3 is 9.64 Å². The maximum Gasteiger partial charge on any atom is 0.410 e. The average Bonchev–Trinajstić information content (AvgIpc) is 2.25. The predicted octanol–water partition coefficient (Wildman–Crippen LogP) is 4.59. The van der Waals surface area contributed by atoms with E-state index >= 15 is 0 Å². The van der Waals surface area contributed by atoms with Crippen molar-refractivity contribution in [1.82, 2.24) is 4.90 Å². The van der Waals surface area contributed by atoms with Gasteiger partial charge in [0.05, 0.1) is 0 Å². The lowest BCUT2D eigenvalue weighted by atomic mass is 10.1. The first-order valence-corrected chi connectivity index (χ1v) is 7.99. The molecule has 3 nitrogen and oxygen atoms in total. The maximum absolute atomic E-state index is 11.7. The van der Waals surface area contributed by atoms with Gasteiger partial charge in [-0.3, -0.25) is 0 Å². The molecule has 0 spiro atoms. The van der Waals surface area contributed by atoms with Crippen molar-refractivity contribution in [3.63, 3.8) is 0 Å². The van der Waals surface area contributed by atoms with E-state index in [9.17, 15) is 4.79 Å². The van der Waals surface area contributed by atoms with E-state index in [0.717, 1.165) is 18.3 Å². The zero-order valence-electron chi connectivity index (χ0n) is 12.3. The van der Waals surface area contributed by atoms with Crippen LogP contribution in [0.5, 0.6) is 0 Å². The summed E-state index contributed by atoms with van der Waals surface area (Å²) in [6.07, 6.45) is 7.14. The molecule has 0 radical (unpaired) electrons. The molecular formula is C14H28BrNO2. The van der Waals surface area contributed by atoms with E-state index < -0.39 is 5.60 Å². The highest BCUT2D eigenvalue weighted by molar-refractivity contribution is 9.09. The first-order chi connectivity index (χ1) is 8.37. The summed E-state index contributed by atoms with van der Waals surface area (Å²) in [4.78, 5) is 13.3. The van der Waals surface area contributed by atoms with Crippen LogP contribution >= 0.6 is 15.9 Å². The van der Waals surface area contributed by atoms with Crippen LogP contribution in [0.4, 0.5) is 4.79 Å². The second-order valence-electron chi connectivity index (χ2n) is 5.71. The first kappa shape index (κ1) is 17.8. The Morgan fingerprint density at radius 3 is 2.06 bits per heavy atom. The van der Waals surface area contributed by atoms with E-state index in [4.69, 9.17) is 4.74 Å². The van der Waals surface area contributed by atoms with Crippen molar-refractivity contribution in [2.24, 2.45) is 0 Å². The standard InChI is InChI=1S/C14H28BrNO2/c1-14(2,3)18-13(17)16(4)12-10-8-6-5-7-9-11-15/h5-12H2,1-4H3. The van der Waals surface area contributed by atoms with Gasteiger partial charge in [0.1, 0.15) is 5.60 Å². The molecule has 0 aliphatic carbocycles. The molecule has 4 heteroatoms. The van der Waals surface area contributed by atoms with Crippen LogP contribution in [0, 0.1) is 0 Å². The molecule has 0 rings (SSSR count). The molecular weight excluding hydrogens is 294 g/mol. The summed E-state index contributed by atoms with van der Waals surface area (Å²) in [7, 11) is 1.80. The highest BCUT2D eigenvalue weighted by Crippen LogP contribution is 2.10. The number of rotatable bonds is 8. The number of ether oxygens (including phenoxy) is 1. The fourth-order valence-corrected chi connectivity index (χ4v) is 1.98. The molecule has 0 aliphatic heterocycles. The molecule has 0 aromatic carbocycles. The SMILES string of the molecule is CN(CCCCCCCCBr)C(=O)OC(C)(C)C. The zero-order chi connectivity index (χ0) is 14.0. The van der Waals surface area contributed by atoms with Crippen LogP contribution in [0.15, 0.2) is 0 Å². The Morgan fingerprint density at radius 2 is 1.56 bits per heavy atom. The van der Waals surface area contributed by atoms with Gasteiger partial charge in [-0.05, 0) is 33.6 Å². The molecule has 0 saturated heterocycles. The van der Waals surface area contributed by atoms with Gasteiger partial charge in [0.2, 0.25) is 0 Å². The minimum Gasteiger partial charge on any atom is -0.444 e. The Morgan fingerprint density at radius 1 is 1.06 bits per heavy atom. The molecule has 0 bridgehead atoms. The summed E-state index contributed by atoms with van der Waals surface area (Å²) in [5.41, 5.74) is -0.402. The fourth-order valence-electron chi connectivity index (χ4n) is 1.58. The second kappa shape index (κ2) is 9.65. The van der Waals surface area contributed by atoms with Crippen molar-refractivity contribution >= 4 is 22.0 Å². The lowest BCUT2D eigenvalue weighted by Gasteiger charge is -2.24. The fraction of sp³-hybridized carbons (Fsp3) is 0.929. The van der Waals surface area contributed by atoms with Gasteiger partial charge in [0.25, 0.3) is 0 Å². The largest absolute Gasteiger partial charge is 0.444 e. The third-order valence-electron chi connectivity index (χ3n) is 2.58. The van der Waals surface area contributed by atoms with Crippen LogP contribution < -0.4 is 0 Å². The van der Waals surface area contributed by atoms with E-state index in [1.807, 2.05) is 20.8 Å². The molecule has 108 valence electrons. The molecule has 0 unspecified atom stereocenters. The van der Waals surface area contributed by atoms with Crippen LogP contribution in [0.1, 0.15) is 59.3 Å². The normalized spacial score (nSPS) is 11.4. The highest BCUT2D eigenvalue weighted by atomic mass is 79.9. The van der Waals surface area contributed by atoms with Crippen LogP contribution in [-0.2, 0) is 4.74 Å². The lowest BCUT2D eigenvalue weighted by molar-refractivity contribution is 0.0296. The lowest BCUT2D eigenvalue weighted by Crippen LogP contribution is -2.34. The van der Waals surface area contributed by atoms with Gasteiger partial charge in [0, 0.05) is 18.9 Å². The van der Waals surface area contributed by atoms with Crippen LogP contribution in [0.25, 0.3) is 0 Å². The van der Waals surface area contributed by atoms with Gasteiger partial charge in [0.15, 0.2) is 0 Å². The molecule has 0 fully saturated rings. The third-order valence-corrected chi connectivity index (χ3v) is 3.14. The average molecular weight is 322 g/mol. The van der Waals surface area contributed by atoms with Crippen LogP contribution in [0.2, 0.25) is 0 Å². The number of hydrogen-bond donors (Lipinski definition) is 0. The topological polar surface area (TPSA) is 29.5 Å². The quantitative estimate of drug-likeness (QED) is 0.483. The first-order valence-electron chi connectivity index (χ1n) is 6.87. The minimum absolute atomic E-state index is 0.221. The third kappa shape index (κ3) is 10.9. The molecule has 0 aliphatic rings. The molecule has 0 aromatic rings. The van der Waals surface area contributed by atoms with Gasteiger partial charge in [-0.15, -0.1) is 0 Å². The van der Waals surface area contributed by atoms with Crippen molar-refractivity contribution in [3.05, 3.63) is 0 Å². The van der Waals surface area contributed by atoms with Gasteiger partial charge >= 0.3 is 6.09 Å². The highest BCUT2D eigenvalue weighted by Gasteiger charge is 2.18. The Balaban J connectivity index is 3.52. The number of carbonyl (C=O) groups excluding carboxylic acids is 1. The molecule has 0 saturated carbocycles. The Bertz CT molecular complexity index is 226. The number of carbonyl (C=O) groups is 1. The number of nitrogens with zero attached hydrogens (tertiary/aromatic N) is 1. The van der Waals surface area contributed by atoms with E-state index in [2.05, 4.69) is 15.9 Å². The van der Waals surface area contributed by atoms with E-state index in [1.54, 1.807) is 11.9 Å². The molecule has 1 amide bonds. The number of halogens is 1. The summed E-state index contributed by atoms with van der Waals surface area (Å²) in [5.74, 6) is 0. The van der Waals surface area contributed by atoms with Crippen molar-refractivity contribution in [1.29, 1.82) is 0 Å². The summed E-state index contributed by atoms with van der Waals surface area (Å²) in [6, 6.07) is 0. The smallest absolute Gasteiger partial charge is 0.410 e. The van der Waals surface area contributed by atoms with Crippen molar-refractivity contribution in [2.45, 2.75) is 64.9 Å². The maximum atomic E-state index is 11.7. The van der Waals surface area contributed by atoms with Crippen molar-refractivity contribution in [2.75, 3.05) is 18.9 Å². The summed E-state index contributed by atoms with van der Waals surface area (Å²) < 4.78 is 5.29. The number of hydrogen-bond acceptors (Lipinski definition) is 2. The molecule has 0 heterocycles. The molecule has 0 atom stereocenters. The van der Waals surface area contributed by atoms with Crippen LogP contribution in [-0.4, -0.2) is 35.5 Å². The zero-order valence-corrected chi connectivity index (χ0v) is 13.9. The molecule has 0 N–H and O–H groups in total. The number of alkyl halides is 1.